The Morgan fingerprint density at radius 2 is 1.78 bits per heavy atom. The van der Waals surface area contributed by atoms with Crippen LogP contribution < -0.4 is 9.47 Å². The molecule has 7 nitrogen and oxygen atoms in total. The van der Waals surface area contributed by atoms with Crippen LogP contribution >= 0.6 is 11.8 Å². The number of thioether (sulfide) groups is 1. The van der Waals surface area contributed by atoms with Gasteiger partial charge in [0.15, 0.2) is 0 Å². The molecule has 27 heavy (non-hydrogen) atoms. The molecule has 0 saturated heterocycles. The number of carbonyl (C=O) groups is 1. The van der Waals surface area contributed by atoms with Crippen LogP contribution in [0.5, 0.6) is 11.5 Å². The van der Waals surface area contributed by atoms with Gasteiger partial charge < -0.3 is 19.0 Å². The molecule has 0 fully saturated rings. The number of carboxylic acid groups (broad SMARTS) is 1. The van der Waals surface area contributed by atoms with Crippen LogP contribution in [0, 0.1) is 0 Å². The lowest BCUT2D eigenvalue weighted by atomic mass is 10.1. The fourth-order valence-electron chi connectivity index (χ4n) is 2.27. The number of methoxy groups -OCH3 is 1. The molecule has 0 bridgehead atoms. The second kappa shape index (κ2) is 9.09. The maximum atomic E-state index is 10.8. The maximum Gasteiger partial charge on any atom is 0.335 e. The number of aromatic nitrogens is 2. The standard InChI is InChI=1S/C19H18N2O5S/c1-24-15-6-2-13(3-7-15)12-17-20-21-19(26-17)27-11-10-25-16-8-4-14(5-9-16)18(22)23/h2-9H,10-12H2,1H3,(H,22,23). The predicted molar refractivity (Wildman–Crippen MR) is 99.7 cm³/mol. The van der Waals surface area contributed by atoms with Crippen LogP contribution in [0.15, 0.2) is 58.2 Å². The van der Waals surface area contributed by atoms with E-state index in [4.69, 9.17) is 19.0 Å². The Morgan fingerprint density at radius 1 is 1.07 bits per heavy atom. The summed E-state index contributed by atoms with van der Waals surface area (Å²) >= 11 is 1.41. The molecule has 140 valence electrons. The first kappa shape index (κ1) is 18.8. The highest BCUT2D eigenvalue weighted by molar-refractivity contribution is 7.99. The van der Waals surface area contributed by atoms with Crippen LogP contribution in [0.1, 0.15) is 21.8 Å². The maximum absolute atomic E-state index is 10.8. The summed E-state index contributed by atoms with van der Waals surface area (Å²) in [5, 5.41) is 17.4. The normalized spacial score (nSPS) is 10.6. The van der Waals surface area contributed by atoms with Crippen LogP contribution in [-0.2, 0) is 6.42 Å². The van der Waals surface area contributed by atoms with E-state index >= 15 is 0 Å². The zero-order valence-corrected chi connectivity index (χ0v) is 15.4. The van der Waals surface area contributed by atoms with Gasteiger partial charge in [0.25, 0.3) is 5.22 Å². The summed E-state index contributed by atoms with van der Waals surface area (Å²) in [6.45, 7) is 0.438. The Morgan fingerprint density at radius 3 is 2.44 bits per heavy atom. The van der Waals surface area contributed by atoms with Crippen molar-refractivity contribution in [2.75, 3.05) is 19.5 Å². The number of hydrogen-bond acceptors (Lipinski definition) is 7. The molecule has 1 aromatic heterocycles. The van der Waals surface area contributed by atoms with E-state index in [0.717, 1.165) is 11.3 Å². The lowest BCUT2D eigenvalue weighted by molar-refractivity contribution is 0.0697. The van der Waals surface area contributed by atoms with E-state index in [1.807, 2.05) is 24.3 Å². The van der Waals surface area contributed by atoms with Crippen LogP contribution in [0.4, 0.5) is 0 Å². The van der Waals surface area contributed by atoms with Crippen LogP contribution in [0.2, 0.25) is 0 Å². The van der Waals surface area contributed by atoms with Crippen molar-refractivity contribution in [3.05, 3.63) is 65.5 Å². The van der Waals surface area contributed by atoms with Gasteiger partial charge in [0, 0.05) is 5.75 Å². The van der Waals surface area contributed by atoms with E-state index in [1.54, 1.807) is 19.2 Å². The van der Waals surface area contributed by atoms with E-state index in [2.05, 4.69) is 10.2 Å². The molecule has 0 aliphatic carbocycles. The van der Waals surface area contributed by atoms with E-state index in [-0.39, 0.29) is 5.56 Å². The van der Waals surface area contributed by atoms with Crippen molar-refractivity contribution < 1.29 is 23.8 Å². The van der Waals surface area contributed by atoms with Crippen LogP contribution in [0.25, 0.3) is 0 Å². The molecule has 0 atom stereocenters. The molecular formula is C19H18N2O5S. The minimum absolute atomic E-state index is 0.229. The molecule has 3 rings (SSSR count). The minimum atomic E-state index is -0.959. The summed E-state index contributed by atoms with van der Waals surface area (Å²) in [5.74, 6) is 1.64. The largest absolute Gasteiger partial charge is 0.497 e. The summed E-state index contributed by atoms with van der Waals surface area (Å²) in [5.41, 5.74) is 1.29. The highest BCUT2D eigenvalue weighted by Gasteiger charge is 2.08. The Labute approximate surface area is 160 Å². The van der Waals surface area contributed by atoms with Crippen molar-refractivity contribution in [1.82, 2.24) is 10.2 Å². The number of benzene rings is 2. The highest BCUT2D eigenvalue weighted by atomic mass is 32.2. The molecule has 0 aliphatic heterocycles. The quantitative estimate of drug-likeness (QED) is 0.441. The fraction of sp³-hybridized carbons (Fsp3) is 0.211. The van der Waals surface area contributed by atoms with Crippen LogP contribution in [0.3, 0.4) is 0 Å². The molecule has 0 radical (unpaired) electrons. The van der Waals surface area contributed by atoms with Gasteiger partial charge >= 0.3 is 5.97 Å². The molecule has 1 heterocycles. The Balaban J connectivity index is 1.43. The van der Waals surface area contributed by atoms with Crippen molar-refractivity contribution >= 4 is 17.7 Å². The molecular weight excluding hydrogens is 368 g/mol. The van der Waals surface area contributed by atoms with E-state index < -0.39 is 5.97 Å². The predicted octanol–water partition coefficient (Wildman–Crippen LogP) is 3.54. The third kappa shape index (κ3) is 5.49. The monoisotopic (exact) mass is 386 g/mol. The highest BCUT2D eigenvalue weighted by Crippen LogP contribution is 2.19. The molecule has 1 N–H and O–H groups in total. The van der Waals surface area contributed by atoms with Gasteiger partial charge in [-0.15, -0.1) is 10.2 Å². The Bertz CT molecular complexity index is 878. The van der Waals surface area contributed by atoms with Gasteiger partial charge in [0.2, 0.25) is 5.89 Å². The summed E-state index contributed by atoms with van der Waals surface area (Å²) in [7, 11) is 1.63. The van der Waals surface area contributed by atoms with Crippen molar-refractivity contribution in [2.45, 2.75) is 11.6 Å². The topological polar surface area (TPSA) is 94.7 Å². The van der Waals surface area contributed by atoms with Crippen LogP contribution in [-0.4, -0.2) is 40.7 Å². The SMILES string of the molecule is COc1ccc(Cc2nnc(SCCOc3ccc(C(=O)O)cc3)o2)cc1. The van der Waals surface area contributed by atoms with Gasteiger partial charge in [-0.2, -0.15) is 0 Å². The molecule has 3 aromatic rings. The van der Waals surface area contributed by atoms with Gasteiger partial charge in [-0.3, -0.25) is 0 Å². The van der Waals surface area contributed by atoms with Crippen molar-refractivity contribution in [2.24, 2.45) is 0 Å². The van der Waals surface area contributed by atoms with Crippen molar-refractivity contribution in [3.63, 3.8) is 0 Å². The van der Waals surface area contributed by atoms with E-state index in [0.29, 0.717) is 35.6 Å². The number of nitrogens with zero attached hydrogens (tertiary/aromatic N) is 2. The van der Waals surface area contributed by atoms with Gasteiger partial charge in [0.1, 0.15) is 11.5 Å². The number of ether oxygens (including phenoxy) is 2. The molecule has 0 aliphatic rings. The van der Waals surface area contributed by atoms with Crippen molar-refractivity contribution in [1.29, 1.82) is 0 Å². The number of carboxylic acids is 1. The number of aromatic carboxylic acids is 1. The average Bonchev–Trinajstić information content (AvgIpc) is 3.13. The smallest absolute Gasteiger partial charge is 0.335 e. The van der Waals surface area contributed by atoms with Gasteiger partial charge in [-0.25, -0.2) is 4.79 Å². The Kier molecular flexibility index (Phi) is 6.32. The number of hydrogen-bond donors (Lipinski definition) is 1. The third-order valence-electron chi connectivity index (χ3n) is 3.64. The summed E-state index contributed by atoms with van der Waals surface area (Å²) in [4.78, 5) is 10.8. The molecule has 0 spiro atoms. The second-order valence-electron chi connectivity index (χ2n) is 5.51. The third-order valence-corrected chi connectivity index (χ3v) is 4.42. The second-order valence-corrected chi connectivity index (χ2v) is 6.56. The zero-order valence-electron chi connectivity index (χ0n) is 14.6. The average molecular weight is 386 g/mol. The van der Waals surface area contributed by atoms with E-state index in [1.165, 1.54) is 23.9 Å². The first-order valence-corrected chi connectivity index (χ1v) is 9.17. The molecule has 8 heteroatoms. The molecule has 0 unspecified atom stereocenters. The lowest BCUT2D eigenvalue weighted by Gasteiger charge is -2.05. The zero-order chi connectivity index (χ0) is 19.1. The van der Waals surface area contributed by atoms with Crippen molar-refractivity contribution in [3.8, 4) is 11.5 Å². The minimum Gasteiger partial charge on any atom is -0.497 e. The molecule has 0 amide bonds. The first-order chi connectivity index (χ1) is 13.1. The fourth-order valence-corrected chi connectivity index (χ4v) is 2.86. The Hall–Kier alpha value is -3.00. The summed E-state index contributed by atoms with van der Waals surface area (Å²) in [6.07, 6.45) is 0.560. The number of rotatable bonds is 9. The van der Waals surface area contributed by atoms with Gasteiger partial charge in [0.05, 0.1) is 25.7 Å². The van der Waals surface area contributed by atoms with E-state index in [9.17, 15) is 4.79 Å². The summed E-state index contributed by atoms with van der Waals surface area (Å²) in [6, 6.07) is 14.0. The first-order valence-electron chi connectivity index (χ1n) is 8.18. The molecule has 2 aromatic carbocycles. The lowest BCUT2D eigenvalue weighted by Crippen LogP contribution is -2.01. The molecule has 0 saturated carbocycles. The summed E-state index contributed by atoms with van der Waals surface area (Å²) < 4.78 is 16.3. The van der Waals surface area contributed by atoms with Gasteiger partial charge in [-0.05, 0) is 42.0 Å². The van der Waals surface area contributed by atoms with Gasteiger partial charge in [-0.1, -0.05) is 23.9 Å².